The van der Waals surface area contributed by atoms with Crippen molar-refractivity contribution in [1.29, 1.82) is 0 Å². The van der Waals surface area contributed by atoms with Crippen molar-refractivity contribution in [3.05, 3.63) is 0 Å². The van der Waals surface area contributed by atoms with Crippen LogP contribution in [0.1, 0.15) is 46.5 Å². The summed E-state index contributed by atoms with van der Waals surface area (Å²) < 4.78 is 11.0. The van der Waals surface area contributed by atoms with Gasteiger partial charge in [-0.1, -0.05) is 20.8 Å². The number of cyclic esters (lactones) is 1. The second kappa shape index (κ2) is 5.22. The second-order valence-corrected chi connectivity index (χ2v) is 8.93. The fourth-order valence-corrected chi connectivity index (χ4v) is 5.85. The third-order valence-corrected chi connectivity index (χ3v) is 7.07. The first-order valence-corrected chi connectivity index (χ1v) is 9.26. The molecule has 0 aromatic rings. The number of carbonyl (C=O) groups is 2. The van der Waals surface area contributed by atoms with Crippen molar-refractivity contribution in [1.82, 2.24) is 0 Å². The summed E-state index contributed by atoms with van der Waals surface area (Å²) in [5.74, 6) is 2.83. The van der Waals surface area contributed by atoms with Gasteiger partial charge in [0.05, 0.1) is 24.5 Å². The molecule has 0 spiro atoms. The van der Waals surface area contributed by atoms with Crippen LogP contribution in [0.15, 0.2) is 0 Å². The van der Waals surface area contributed by atoms with Crippen molar-refractivity contribution < 1.29 is 19.1 Å². The SMILES string of the molecule is CC(C)CC1(C(=O)OCC2CC3CC2C2C(=O)OCC32)CC1C. The quantitative estimate of drug-likeness (QED) is 0.731. The first-order chi connectivity index (χ1) is 10.9. The van der Waals surface area contributed by atoms with Crippen LogP contribution in [0.4, 0.5) is 0 Å². The molecular formula is C19H28O4. The summed E-state index contributed by atoms with van der Waals surface area (Å²) in [6, 6.07) is 0. The molecule has 0 aromatic heterocycles. The van der Waals surface area contributed by atoms with Gasteiger partial charge in [-0.3, -0.25) is 9.59 Å². The Balaban J connectivity index is 1.36. The number of carbonyl (C=O) groups excluding carboxylic acids is 2. The Kier molecular flexibility index (Phi) is 3.51. The number of rotatable bonds is 5. The standard InChI is InChI=1S/C19H28O4/c1-10(2)6-19(7-11(19)3)18(21)23-8-13-4-12-5-14(13)16-15(12)9-22-17(16)20/h10-16H,4-9H2,1-3H3. The van der Waals surface area contributed by atoms with Crippen LogP contribution in [-0.4, -0.2) is 25.2 Å². The normalized spacial score (nSPS) is 46.9. The zero-order valence-electron chi connectivity index (χ0n) is 14.4. The largest absolute Gasteiger partial charge is 0.465 e. The van der Waals surface area contributed by atoms with Gasteiger partial charge in [0.15, 0.2) is 0 Å². The molecule has 2 bridgehead atoms. The average molecular weight is 320 g/mol. The topological polar surface area (TPSA) is 52.6 Å². The van der Waals surface area contributed by atoms with E-state index in [-0.39, 0.29) is 23.3 Å². The fraction of sp³-hybridized carbons (Fsp3) is 0.895. The van der Waals surface area contributed by atoms with E-state index in [0.29, 0.717) is 48.7 Å². The van der Waals surface area contributed by atoms with Crippen molar-refractivity contribution >= 4 is 11.9 Å². The van der Waals surface area contributed by atoms with Crippen molar-refractivity contribution in [2.45, 2.75) is 46.5 Å². The molecule has 1 aliphatic heterocycles. The summed E-state index contributed by atoms with van der Waals surface area (Å²) in [4.78, 5) is 24.5. The fourth-order valence-electron chi connectivity index (χ4n) is 5.85. The van der Waals surface area contributed by atoms with Crippen LogP contribution in [0.3, 0.4) is 0 Å². The Hall–Kier alpha value is -1.06. The second-order valence-electron chi connectivity index (χ2n) is 8.93. The molecule has 7 atom stereocenters. The molecular weight excluding hydrogens is 292 g/mol. The molecule has 3 aliphatic carbocycles. The van der Waals surface area contributed by atoms with Gasteiger partial charge in [0.25, 0.3) is 0 Å². The van der Waals surface area contributed by atoms with Crippen LogP contribution in [-0.2, 0) is 19.1 Å². The molecule has 0 amide bonds. The first-order valence-electron chi connectivity index (χ1n) is 9.26. The van der Waals surface area contributed by atoms with Gasteiger partial charge in [-0.2, -0.15) is 0 Å². The van der Waals surface area contributed by atoms with Crippen molar-refractivity contribution in [2.24, 2.45) is 46.8 Å². The Morgan fingerprint density at radius 1 is 1.35 bits per heavy atom. The molecule has 0 N–H and O–H groups in total. The third-order valence-electron chi connectivity index (χ3n) is 7.07. The summed E-state index contributed by atoms with van der Waals surface area (Å²) in [6.07, 6.45) is 4.13. The molecule has 0 radical (unpaired) electrons. The van der Waals surface area contributed by atoms with Gasteiger partial charge in [0.1, 0.15) is 0 Å². The Labute approximate surface area is 138 Å². The number of esters is 2. The van der Waals surface area contributed by atoms with E-state index in [1.165, 1.54) is 0 Å². The summed E-state index contributed by atoms with van der Waals surface area (Å²) in [6.45, 7) is 7.61. The lowest BCUT2D eigenvalue weighted by molar-refractivity contribution is -0.154. The molecule has 128 valence electrons. The van der Waals surface area contributed by atoms with Gasteiger partial charge in [0, 0.05) is 5.92 Å². The van der Waals surface area contributed by atoms with E-state index in [0.717, 1.165) is 25.7 Å². The maximum Gasteiger partial charge on any atom is 0.312 e. The molecule has 3 saturated carbocycles. The number of fused-ring (bicyclic) bond motifs is 5. The molecule has 4 nitrogen and oxygen atoms in total. The molecule has 4 heteroatoms. The van der Waals surface area contributed by atoms with E-state index in [1.807, 2.05) is 0 Å². The Morgan fingerprint density at radius 2 is 2.09 bits per heavy atom. The monoisotopic (exact) mass is 320 g/mol. The van der Waals surface area contributed by atoms with Gasteiger partial charge < -0.3 is 9.47 Å². The molecule has 1 saturated heterocycles. The number of hydrogen-bond donors (Lipinski definition) is 0. The predicted molar refractivity (Wildman–Crippen MR) is 84.3 cm³/mol. The maximum atomic E-state index is 12.6. The molecule has 0 aromatic carbocycles. The van der Waals surface area contributed by atoms with Gasteiger partial charge >= 0.3 is 11.9 Å². The van der Waals surface area contributed by atoms with Crippen LogP contribution in [0.5, 0.6) is 0 Å². The minimum absolute atomic E-state index is 0.00650. The summed E-state index contributed by atoms with van der Waals surface area (Å²) in [5.41, 5.74) is -0.222. The lowest BCUT2D eigenvalue weighted by Gasteiger charge is -2.28. The van der Waals surface area contributed by atoms with Crippen LogP contribution in [0.2, 0.25) is 0 Å². The van der Waals surface area contributed by atoms with E-state index in [4.69, 9.17) is 9.47 Å². The van der Waals surface area contributed by atoms with Gasteiger partial charge in [-0.15, -0.1) is 0 Å². The van der Waals surface area contributed by atoms with Gasteiger partial charge in [-0.05, 0) is 55.3 Å². The van der Waals surface area contributed by atoms with Crippen LogP contribution < -0.4 is 0 Å². The highest BCUT2D eigenvalue weighted by Gasteiger charge is 2.61. The highest BCUT2D eigenvalue weighted by molar-refractivity contribution is 5.80. The van der Waals surface area contributed by atoms with E-state index in [9.17, 15) is 9.59 Å². The van der Waals surface area contributed by atoms with E-state index >= 15 is 0 Å². The number of hydrogen-bond acceptors (Lipinski definition) is 4. The smallest absolute Gasteiger partial charge is 0.312 e. The Morgan fingerprint density at radius 3 is 2.74 bits per heavy atom. The third kappa shape index (κ3) is 2.32. The van der Waals surface area contributed by atoms with Crippen LogP contribution >= 0.6 is 0 Å². The number of ether oxygens (including phenoxy) is 2. The van der Waals surface area contributed by atoms with E-state index in [1.54, 1.807) is 0 Å². The molecule has 4 rings (SSSR count). The molecule has 7 unspecified atom stereocenters. The average Bonchev–Trinajstić information content (AvgIpc) is 2.89. The van der Waals surface area contributed by atoms with Crippen LogP contribution in [0, 0.1) is 46.8 Å². The van der Waals surface area contributed by atoms with Crippen LogP contribution in [0.25, 0.3) is 0 Å². The summed E-state index contributed by atoms with van der Waals surface area (Å²) >= 11 is 0. The zero-order valence-corrected chi connectivity index (χ0v) is 14.4. The minimum Gasteiger partial charge on any atom is -0.465 e. The van der Waals surface area contributed by atoms with Crippen molar-refractivity contribution in [3.8, 4) is 0 Å². The van der Waals surface area contributed by atoms with E-state index < -0.39 is 0 Å². The van der Waals surface area contributed by atoms with Gasteiger partial charge in [-0.25, -0.2) is 0 Å². The molecule has 4 fully saturated rings. The zero-order chi connectivity index (χ0) is 16.4. The first kappa shape index (κ1) is 15.5. The highest BCUT2D eigenvalue weighted by atomic mass is 16.5. The lowest BCUT2D eigenvalue weighted by atomic mass is 9.76. The predicted octanol–water partition coefficient (Wildman–Crippen LogP) is 3.05. The van der Waals surface area contributed by atoms with Gasteiger partial charge in [0.2, 0.25) is 0 Å². The van der Waals surface area contributed by atoms with E-state index in [2.05, 4.69) is 20.8 Å². The highest BCUT2D eigenvalue weighted by Crippen LogP contribution is 2.59. The summed E-state index contributed by atoms with van der Waals surface area (Å²) in [7, 11) is 0. The minimum atomic E-state index is -0.222. The Bertz CT molecular complexity index is 527. The lowest BCUT2D eigenvalue weighted by Crippen LogP contribution is -2.33. The molecule has 4 aliphatic rings. The maximum absolute atomic E-state index is 12.6. The van der Waals surface area contributed by atoms with Crippen molar-refractivity contribution in [2.75, 3.05) is 13.2 Å². The molecule has 23 heavy (non-hydrogen) atoms. The summed E-state index contributed by atoms with van der Waals surface area (Å²) in [5, 5.41) is 0. The van der Waals surface area contributed by atoms with Crippen molar-refractivity contribution in [3.63, 3.8) is 0 Å². The molecule has 1 heterocycles.